The Morgan fingerprint density at radius 1 is 1.30 bits per heavy atom. The summed E-state index contributed by atoms with van der Waals surface area (Å²) in [4.78, 5) is 23.4. The number of carboxylic acid groups (broad SMARTS) is 1. The van der Waals surface area contributed by atoms with Crippen molar-refractivity contribution in [2.24, 2.45) is 0 Å². The van der Waals surface area contributed by atoms with Crippen LogP contribution in [-0.4, -0.2) is 44.7 Å². The Bertz CT molecular complexity index is 780. The molecule has 2 aromatic rings. The summed E-state index contributed by atoms with van der Waals surface area (Å²) in [6.45, 7) is 2.96. The summed E-state index contributed by atoms with van der Waals surface area (Å²) in [5.41, 5.74) is 0.0615. The fourth-order valence-electron chi connectivity index (χ4n) is 2.32. The Hall–Kier alpha value is -2.38. The Kier molecular flexibility index (Phi) is 5.02. The number of benzene rings is 1. The van der Waals surface area contributed by atoms with Gasteiger partial charge in [0, 0.05) is 11.5 Å². The number of nitrogens with zero attached hydrogens (tertiary/aromatic N) is 1. The second-order valence-corrected chi connectivity index (χ2v) is 5.50. The number of carbonyl (C=O) groups is 1. The summed E-state index contributed by atoms with van der Waals surface area (Å²) in [7, 11) is 0. The molecule has 2 rings (SSSR count). The minimum absolute atomic E-state index is 0.0426. The fourth-order valence-corrected chi connectivity index (χ4v) is 2.32. The highest BCUT2D eigenvalue weighted by molar-refractivity contribution is 5.96. The summed E-state index contributed by atoms with van der Waals surface area (Å²) in [6, 6.07) is 5.59. The van der Waals surface area contributed by atoms with E-state index in [0.717, 1.165) is 0 Å². The third kappa shape index (κ3) is 3.69. The zero-order chi connectivity index (χ0) is 17.1. The van der Waals surface area contributed by atoms with Gasteiger partial charge in [-0.05, 0) is 32.0 Å². The molecule has 0 aliphatic rings. The largest absolute Gasteiger partial charge is 0.489 e. The van der Waals surface area contributed by atoms with E-state index >= 15 is 0 Å². The molecule has 1 unspecified atom stereocenters. The van der Waals surface area contributed by atoms with Gasteiger partial charge in [-0.3, -0.25) is 4.79 Å². The number of hydrogen-bond donors (Lipinski definition) is 3. The predicted molar refractivity (Wildman–Crippen MR) is 84.0 cm³/mol. The maximum absolute atomic E-state index is 12.1. The van der Waals surface area contributed by atoms with Crippen molar-refractivity contribution in [3.8, 4) is 5.75 Å². The molecule has 7 nitrogen and oxygen atoms in total. The molecule has 0 saturated heterocycles. The zero-order valence-corrected chi connectivity index (χ0v) is 12.9. The van der Waals surface area contributed by atoms with Crippen molar-refractivity contribution in [2.45, 2.75) is 32.6 Å². The van der Waals surface area contributed by atoms with Gasteiger partial charge in [0.05, 0.1) is 36.4 Å². The first-order valence-corrected chi connectivity index (χ1v) is 7.20. The lowest BCUT2D eigenvalue weighted by atomic mass is 10.1. The van der Waals surface area contributed by atoms with Crippen molar-refractivity contribution >= 4 is 16.9 Å². The van der Waals surface area contributed by atoms with Gasteiger partial charge >= 0.3 is 5.97 Å². The molecule has 0 aliphatic carbocycles. The van der Waals surface area contributed by atoms with Gasteiger partial charge < -0.3 is 24.6 Å². The first-order valence-electron chi connectivity index (χ1n) is 7.20. The highest BCUT2D eigenvalue weighted by Gasteiger charge is 2.16. The van der Waals surface area contributed by atoms with Gasteiger partial charge in [-0.25, -0.2) is 4.79 Å². The van der Waals surface area contributed by atoms with Crippen LogP contribution in [0.2, 0.25) is 0 Å². The molecular formula is C16H19NO6. The Morgan fingerprint density at radius 3 is 2.57 bits per heavy atom. The van der Waals surface area contributed by atoms with Crippen molar-refractivity contribution in [3.63, 3.8) is 0 Å². The lowest BCUT2D eigenvalue weighted by Crippen LogP contribution is -2.28. The van der Waals surface area contributed by atoms with E-state index in [2.05, 4.69) is 0 Å². The number of aliphatic hydroxyl groups is 2. The number of hydrogen-bond acceptors (Lipinski definition) is 5. The smallest absolute Gasteiger partial charge is 0.335 e. The van der Waals surface area contributed by atoms with Crippen LogP contribution in [0.15, 0.2) is 29.1 Å². The summed E-state index contributed by atoms with van der Waals surface area (Å²) in [5.74, 6) is -0.855. The fraction of sp³-hybridized carbons (Fsp3) is 0.375. The predicted octanol–water partition coefficient (Wildman–Crippen LogP) is 0.840. The third-order valence-corrected chi connectivity index (χ3v) is 3.26. The molecule has 23 heavy (non-hydrogen) atoms. The number of ether oxygens (including phenoxy) is 1. The van der Waals surface area contributed by atoms with Crippen molar-refractivity contribution in [1.82, 2.24) is 4.57 Å². The monoisotopic (exact) mass is 321 g/mol. The van der Waals surface area contributed by atoms with Crippen LogP contribution in [0.1, 0.15) is 24.2 Å². The topological polar surface area (TPSA) is 109 Å². The van der Waals surface area contributed by atoms with Crippen molar-refractivity contribution in [1.29, 1.82) is 0 Å². The SMILES string of the molecule is CC(C)Oc1cc(C(=O)O)cc2ccc(=O)n(CC(O)CO)c12. The van der Waals surface area contributed by atoms with E-state index in [1.165, 1.54) is 28.8 Å². The van der Waals surface area contributed by atoms with Crippen LogP contribution in [0.4, 0.5) is 0 Å². The molecular weight excluding hydrogens is 302 g/mol. The number of pyridine rings is 1. The van der Waals surface area contributed by atoms with Crippen molar-refractivity contribution < 1.29 is 24.9 Å². The zero-order valence-electron chi connectivity index (χ0n) is 12.9. The Labute approximate surface area is 132 Å². The number of aromatic carboxylic acids is 1. The van der Waals surface area contributed by atoms with Gasteiger partial charge in [-0.1, -0.05) is 0 Å². The number of fused-ring (bicyclic) bond motifs is 1. The minimum Gasteiger partial charge on any atom is -0.489 e. The summed E-state index contributed by atoms with van der Waals surface area (Å²) in [5, 5.41) is 28.4. The van der Waals surface area contributed by atoms with Crippen LogP contribution < -0.4 is 10.3 Å². The molecule has 1 aromatic heterocycles. The first kappa shape index (κ1) is 17.0. The lowest BCUT2D eigenvalue weighted by Gasteiger charge is -2.18. The van der Waals surface area contributed by atoms with E-state index in [0.29, 0.717) is 10.9 Å². The van der Waals surface area contributed by atoms with Gasteiger partial charge in [0.2, 0.25) is 0 Å². The van der Waals surface area contributed by atoms with Crippen LogP contribution in [0.5, 0.6) is 5.75 Å². The van der Waals surface area contributed by atoms with Crippen LogP contribution in [0.25, 0.3) is 10.9 Å². The van der Waals surface area contributed by atoms with Crippen LogP contribution in [0, 0.1) is 0 Å². The maximum Gasteiger partial charge on any atom is 0.335 e. The average Bonchev–Trinajstić information content (AvgIpc) is 2.48. The molecule has 0 fully saturated rings. The van der Waals surface area contributed by atoms with Crippen LogP contribution in [-0.2, 0) is 6.54 Å². The summed E-state index contributed by atoms with van der Waals surface area (Å²) < 4.78 is 6.94. The molecule has 124 valence electrons. The number of aromatic nitrogens is 1. The molecule has 1 aromatic carbocycles. The van der Waals surface area contributed by atoms with E-state index < -0.39 is 18.7 Å². The summed E-state index contributed by atoms with van der Waals surface area (Å²) in [6.07, 6.45) is -1.34. The molecule has 0 aliphatic heterocycles. The highest BCUT2D eigenvalue weighted by Crippen LogP contribution is 2.28. The first-order chi connectivity index (χ1) is 10.8. The van der Waals surface area contributed by atoms with E-state index in [-0.39, 0.29) is 29.5 Å². The van der Waals surface area contributed by atoms with E-state index in [9.17, 15) is 19.8 Å². The number of aliphatic hydroxyl groups excluding tert-OH is 2. The van der Waals surface area contributed by atoms with Crippen molar-refractivity contribution in [3.05, 3.63) is 40.2 Å². The van der Waals surface area contributed by atoms with Crippen LogP contribution in [0.3, 0.4) is 0 Å². The molecule has 3 N–H and O–H groups in total. The minimum atomic E-state index is -1.11. The normalized spacial score (nSPS) is 12.6. The lowest BCUT2D eigenvalue weighted by molar-refractivity contribution is 0.0696. The third-order valence-electron chi connectivity index (χ3n) is 3.26. The average molecular weight is 321 g/mol. The van der Waals surface area contributed by atoms with Crippen LogP contribution >= 0.6 is 0 Å². The highest BCUT2D eigenvalue weighted by atomic mass is 16.5. The maximum atomic E-state index is 12.1. The van der Waals surface area contributed by atoms with E-state index in [4.69, 9.17) is 9.84 Å². The van der Waals surface area contributed by atoms with E-state index in [1.807, 2.05) is 0 Å². The van der Waals surface area contributed by atoms with Gasteiger partial charge in [-0.15, -0.1) is 0 Å². The van der Waals surface area contributed by atoms with Gasteiger partial charge in [0.25, 0.3) is 5.56 Å². The molecule has 0 amide bonds. The van der Waals surface area contributed by atoms with E-state index in [1.54, 1.807) is 13.8 Å². The molecule has 0 saturated carbocycles. The standard InChI is InChI=1S/C16H19NO6/c1-9(2)23-13-6-11(16(21)22)5-10-3-4-14(20)17(15(10)13)7-12(19)8-18/h3-6,9,12,18-19H,7-8H2,1-2H3,(H,21,22). The molecule has 0 radical (unpaired) electrons. The Balaban J connectivity index is 2.76. The molecule has 7 heteroatoms. The molecule has 0 bridgehead atoms. The van der Waals surface area contributed by atoms with Gasteiger partial charge in [0.1, 0.15) is 5.75 Å². The second-order valence-electron chi connectivity index (χ2n) is 5.50. The van der Waals surface area contributed by atoms with Gasteiger partial charge in [-0.2, -0.15) is 0 Å². The number of carboxylic acids is 1. The van der Waals surface area contributed by atoms with Gasteiger partial charge in [0.15, 0.2) is 0 Å². The Morgan fingerprint density at radius 2 is 2.00 bits per heavy atom. The molecule has 0 spiro atoms. The number of rotatable bonds is 6. The summed E-state index contributed by atoms with van der Waals surface area (Å²) >= 11 is 0. The second kappa shape index (κ2) is 6.80. The molecule has 1 heterocycles. The molecule has 1 atom stereocenters. The van der Waals surface area contributed by atoms with Crippen molar-refractivity contribution in [2.75, 3.05) is 6.61 Å². The quantitative estimate of drug-likeness (QED) is 0.727.